The molecule has 0 unspecified atom stereocenters. The van der Waals surface area contributed by atoms with E-state index in [1.165, 1.54) is 12.1 Å². The van der Waals surface area contributed by atoms with Crippen LogP contribution in [0, 0.1) is 0 Å². The maximum Gasteiger partial charge on any atom is 0.253 e. The normalized spacial score (nSPS) is 11.6. The molecule has 1 aromatic heterocycles. The van der Waals surface area contributed by atoms with Crippen molar-refractivity contribution in [2.75, 3.05) is 0 Å². The lowest BCUT2D eigenvalue weighted by atomic mass is 10.2. The quantitative estimate of drug-likeness (QED) is 0.605. The summed E-state index contributed by atoms with van der Waals surface area (Å²) in [6, 6.07) is 8.20. The summed E-state index contributed by atoms with van der Waals surface area (Å²) in [6.45, 7) is 0. The van der Waals surface area contributed by atoms with Gasteiger partial charge in [0.1, 0.15) is 0 Å². The number of sulfonamides is 1. The number of hydrogen-bond acceptors (Lipinski definition) is 4. The molecule has 6 nitrogen and oxygen atoms in total. The largest absolute Gasteiger partial charge is 0.275 e. The van der Waals surface area contributed by atoms with Crippen molar-refractivity contribution < 1.29 is 8.42 Å². The van der Waals surface area contributed by atoms with Crippen molar-refractivity contribution in [1.82, 2.24) is 14.6 Å². The number of hydrazine groups is 1. The van der Waals surface area contributed by atoms with Crippen LogP contribution in [0.2, 0.25) is 0 Å². The van der Waals surface area contributed by atoms with Crippen molar-refractivity contribution in [1.29, 1.82) is 0 Å². The highest BCUT2D eigenvalue weighted by Crippen LogP contribution is 2.18. The summed E-state index contributed by atoms with van der Waals surface area (Å²) < 4.78 is 24.5. The van der Waals surface area contributed by atoms with E-state index in [-0.39, 0.29) is 4.90 Å². The number of benzene rings is 1. The van der Waals surface area contributed by atoms with E-state index in [1.807, 2.05) is 19.3 Å². The highest BCUT2D eigenvalue weighted by Gasteiger charge is 2.11. The second-order valence-corrected chi connectivity index (χ2v) is 5.23. The van der Waals surface area contributed by atoms with Crippen LogP contribution in [-0.4, -0.2) is 18.2 Å². The molecule has 1 aromatic carbocycles. The van der Waals surface area contributed by atoms with Gasteiger partial charge in [0.15, 0.2) is 0 Å². The summed E-state index contributed by atoms with van der Waals surface area (Å²) in [5.74, 6) is 4.94. The topological polar surface area (TPSA) is 90.0 Å². The lowest BCUT2D eigenvalue weighted by Gasteiger charge is -2.02. The van der Waals surface area contributed by atoms with E-state index >= 15 is 0 Å². The molecule has 2 aromatic rings. The summed E-state index contributed by atoms with van der Waals surface area (Å²) in [6.07, 6.45) is 1.82. The number of nitrogens with one attached hydrogen (secondary N) is 1. The van der Waals surface area contributed by atoms with E-state index in [0.717, 1.165) is 11.3 Å². The smallest absolute Gasteiger partial charge is 0.253 e. The fourth-order valence-corrected chi connectivity index (χ4v) is 2.07. The summed E-state index contributed by atoms with van der Waals surface area (Å²) >= 11 is 0. The number of hydrogen-bond donors (Lipinski definition) is 2. The second kappa shape index (κ2) is 4.28. The molecule has 0 amide bonds. The maximum atomic E-state index is 11.4. The molecule has 0 saturated carbocycles. The SMILES string of the molecule is Cn1ccc(-c2ccc(S(=O)(=O)NN)cc2)n1. The van der Waals surface area contributed by atoms with Crippen LogP contribution in [0.5, 0.6) is 0 Å². The second-order valence-electron chi connectivity index (χ2n) is 3.52. The van der Waals surface area contributed by atoms with E-state index in [1.54, 1.807) is 21.6 Å². The van der Waals surface area contributed by atoms with Crippen LogP contribution in [0.15, 0.2) is 41.4 Å². The van der Waals surface area contributed by atoms with Crippen LogP contribution in [0.25, 0.3) is 11.3 Å². The number of nitrogens with two attached hydrogens (primary N) is 1. The molecule has 90 valence electrons. The zero-order valence-electron chi connectivity index (χ0n) is 9.16. The summed E-state index contributed by atoms with van der Waals surface area (Å²) in [5, 5.41) is 4.22. The van der Waals surface area contributed by atoms with Gasteiger partial charge in [-0.05, 0) is 18.2 Å². The zero-order valence-corrected chi connectivity index (χ0v) is 9.98. The Bertz CT molecular complexity index is 616. The predicted molar refractivity (Wildman–Crippen MR) is 63.2 cm³/mol. The Morgan fingerprint density at radius 3 is 2.35 bits per heavy atom. The minimum atomic E-state index is -3.59. The average molecular weight is 252 g/mol. The monoisotopic (exact) mass is 252 g/mol. The third-order valence-electron chi connectivity index (χ3n) is 2.33. The first-order valence-electron chi connectivity index (χ1n) is 4.85. The van der Waals surface area contributed by atoms with Crippen LogP contribution in [-0.2, 0) is 17.1 Å². The number of nitrogens with zero attached hydrogens (tertiary/aromatic N) is 2. The highest BCUT2D eigenvalue weighted by atomic mass is 32.2. The van der Waals surface area contributed by atoms with Crippen LogP contribution < -0.4 is 10.7 Å². The van der Waals surface area contributed by atoms with Gasteiger partial charge in [-0.15, -0.1) is 0 Å². The van der Waals surface area contributed by atoms with Gasteiger partial charge in [-0.25, -0.2) is 8.42 Å². The minimum absolute atomic E-state index is 0.125. The Kier molecular flexibility index (Phi) is 2.97. The first kappa shape index (κ1) is 11.8. The van der Waals surface area contributed by atoms with Crippen molar-refractivity contribution in [2.45, 2.75) is 4.90 Å². The molecule has 0 aliphatic heterocycles. The Morgan fingerprint density at radius 1 is 1.24 bits per heavy atom. The van der Waals surface area contributed by atoms with E-state index in [4.69, 9.17) is 5.84 Å². The molecule has 0 aliphatic rings. The van der Waals surface area contributed by atoms with Crippen LogP contribution >= 0.6 is 0 Å². The van der Waals surface area contributed by atoms with Gasteiger partial charge in [-0.3, -0.25) is 10.5 Å². The number of rotatable bonds is 3. The third kappa shape index (κ3) is 2.36. The third-order valence-corrected chi connectivity index (χ3v) is 3.53. The van der Waals surface area contributed by atoms with Gasteiger partial charge in [0.25, 0.3) is 10.0 Å². The highest BCUT2D eigenvalue weighted by molar-refractivity contribution is 7.89. The van der Waals surface area contributed by atoms with Crippen LogP contribution in [0.3, 0.4) is 0 Å². The van der Waals surface area contributed by atoms with Crippen molar-refractivity contribution >= 4 is 10.0 Å². The summed E-state index contributed by atoms with van der Waals surface area (Å²) in [5.41, 5.74) is 1.64. The van der Waals surface area contributed by atoms with E-state index < -0.39 is 10.0 Å². The Morgan fingerprint density at radius 2 is 1.88 bits per heavy atom. The fraction of sp³-hybridized carbons (Fsp3) is 0.100. The molecule has 0 aliphatic carbocycles. The Labute approximate surface area is 99.1 Å². The Hall–Kier alpha value is -1.70. The van der Waals surface area contributed by atoms with Gasteiger partial charge in [0.2, 0.25) is 0 Å². The standard InChI is InChI=1S/C10H12N4O2S/c1-14-7-6-10(12-14)8-2-4-9(5-3-8)17(15,16)13-11/h2-7,13H,11H2,1H3. The van der Waals surface area contributed by atoms with Crippen LogP contribution in [0.4, 0.5) is 0 Å². The minimum Gasteiger partial charge on any atom is -0.275 e. The molecule has 2 rings (SSSR count). The van der Waals surface area contributed by atoms with Gasteiger partial charge < -0.3 is 0 Å². The van der Waals surface area contributed by atoms with Crippen molar-refractivity contribution in [3.8, 4) is 11.3 Å². The molecule has 1 heterocycles. The van der Waals surface area contributed by atoms with Gasteiger partial charge in [0.05, 0.1) is 10.6 Å². The fourth-order valence-electron chi connectivity index (χ4n) is 1.44. The van der Waals surface area contributed by atoms with Gasteiger partial charge in [-0.2, -0.15) is 9.93 Å². The number of aromatic nitrogens is 2. The van der Waals surface area contributed by atoms with Crippen molar-refractivity contribution in [3.05, 3.63) is 36.5 Å². The number of aryl methyl sites for hydroxylation is 1. The summed E-state index contributed by atoms with van der Waals surface area (Å²) in [4.78, 5) is 1.90. The molecular weight excluding hydrogens is 240 g/mol. The van der Waals surface area contributed by atoms with E-state index in [2.05, 4.69) is 5.10 Å². The van der Waals surface area contributed by atoms with Crippen molar-refractivity contribution in [2.24, 2.45) is 12.9 Å². The molecule has 0 radical (unpaired) electrons. The average Bonchev–Trinajstić information content (AvgIpc) is 2.76. The molecule has 0 saturated heterocycles. The molecular formula is C10H12N4O2S. The lowest BCUT2D eigenvalue weighted by Crippen LogP contribution is -2.30. The maximum absolute atomic E-state index is 11.4. The van der Waals surface area contributed by atoms with E-state index in [0.29, 0.717) is 0 Å². The van der Waals surface area contributed by atoms with Crippen molar-refractivity contribution in [3.63, 3.8) is 0 Å². The van der Waals surface area contributed by atoms with Crippen LogP contribution in [0.1, 0.15) is 0 Å². The predicted octanol–water partition coefficient (Wildman–Crippen LogP) is 0.239. The molecule has 3 N–H and O–H groups in total. The first-order chi connectivity index (χ1) is 8.03. The molecule has 0 spiro atoms. The molecule has 0 fully saturated rings. The Balaban J connectivity index is 2.37. The van der Waals surface area contributed by atoms with Gasteiger partial charge in [0, 0.05) is 18.8 Å². The summed E-state index contributed by atoms with van der Waals surface area (Å²) in [7, 11) is -1.77. The molecule has 0 bridgehead atoms. The lowest BCUT2D eigenvalue weighted by molar-refractivity contribution is 0.584. The molecule has 0 atom stereocenters. The zero-order chi connectivity index (χ0) is 12.5. The first-order valence-corrected chi connectivity index (χ1v) is 6.34. The van der Waals surface area contributed by atoms with Gasteiger partial charge >= 0.3 is 0 Å². The van der Waals surface area contributed by atoms with Gasteiger partial charge in [-0.1, -0.05) is 12.1 Å². The molecule has 7 heteroatoms. The molecule has 17 heavy (non-hydrogen) atoms. The van der Waals surface area contributed by atoms with E-state index in [9.17, 15) is 8.42 Å².